The zero-order valence-electron chi connectivity index (χ0n) is 13.4. The lowest BCUT2D eigenvalue weighted by molar-refractivity contribution is 0.186. The molecule has 1 amide bonds. The average molecular weight is 333 g/mol. The van der Waals surface area contributed by atoms with E-state index in [0.29, 0.717) is 5.95 Å². The van der Waals surface area contributed by atoms with Gasteiger partial charge in [0.15, 0.2) is 0 Å². The Balaban J connectivity index is 1.57. The molecule has 6 heteroatoms. The Hall–Kier alpha value is -1.69. The van der Waals surface area contributed by atoms with E-state index in [-0.39, 0.29) is 0 Å². The Morgan fingerprint density at radius 3 is 3.00 bits per heavy atom. The molecule has 0 radical (unpaired) electrons. The Morgan fingerprint density at radius 2 is 2.22 bits per heavy atom. The largest absolute Gasteiger partial charge is 0.453 e. The number of imidazole rings is 1. The molecule has 23 heavy (non-hydrogen) atoms. The standard InChI is InChI=1S/C17H23N3O2S/c1-22-17(21)20-16-18-14-8-7-13(11-15(14)19-16)23-10-9-12-5-3-2-4-6-12/h7-8,11-12H,2-6,9-10H2,1H3,(H2,18,19,20,21). The smallest absolute Gasteiger partial charge is 0.413 e. The number of thioether (sulfide) groups is 1. The van der Waals surface area contributed by atoms with E-state index >= 15 is 0 Å². The number of carbonyl (C=O) groups is 1. The van der Waals surface area contributed by atoms with Gasteiger partial charge in [0.25, 0.3) is 0 Å². The first-order valence-electron chi connectivity index (χ1n) is 8.22. The van der Waals surface area contributed by atoms with E-state index in [1.54, 1.807) is 0 Å². The van der Waals surface area contributed by atoms with E-state index in [0.717, 1.165) is 22.7 Å². The van der Waals surface area contributed by atoms with Gasteiger partial charge in [-0.3, -0.25) is 5.32 Å². The third-order valence-electron chi connectivity index (χ3n) is 4.38. The minimum absolute atomic E-state index is 0.413. The molecule has 2 aromatic rings. The summed E-state index contributed by atoms with van der Waals surface area (Å²) >= 11 is 1.89. The van der Waals surface area contributed by atoms with Crippen LogP contribution in [0.15, 0.2) is 23.1 Å². The molecule has 2 N–H and O–H groups in total. The molecule has 5 nitrogen and oxygen atoms in total. The number of methoxy groups -OCH3 is 1. The first-order chi connectivity index (χ1) is 11.2. The number of benzene rings is 1. The van der Waals surface area contributed by atoms with E-state index in [1.807, 2.05) is 17.8 Å². The van der Waals surface area contributed by atoms with Crippen LogP contribution in [0, 0.1) is 5.92 Å². The number of nitrogens with zero attached hydrogens (tertiary/aromatic N) is 1. The molecular weight excluding hydrogens is 310 g/mol. The Bertz CT molecular complexity index is 665. The molecule has 0 aliphatic heterocycles. The second-order valence-electron chi connectivity index (χ2n) is 6.02. The number of carbonyl (C=O) groups excluding carboxylic acids is 1. The number of aromatic nitrogens is 2. The summed E-state index contributed by atoms with van der Waals surface area (Å²) in [6.45, 7) is 0. The summed E-state index contributed by atoms with van der Waals surface area (Å²) in [5.41, 5.74) is 1.77. The molecule has 1 aliphatic rings. The minimum Gasteiger partial charge on any atom is -0.453 e. The monoisotopic (exact) mass is 333 g/mol. The maximum atomic E-state index is 11.2. The lowest BCUT2D eigenvalue weighted by Gasteiger charge is -2.20. The quantitative estimate of drug-likeness (QED) is 0.771. The van der Waals surface area contributed by atoms with E-state index in [2.05, 4.69) is 32.2 Å². The van der Waals surface area contributed by atoms with E-state index in [4.69, 9.17) is 0 Å². The first kappa shape index (κ1) is 16.2. The van der Waals surface area contributed by atoms with Crippen molar-refractivity contribution in [3.8, 4) is 0 Å². The maximum absolute atomic E-state index is 11.2. The maximum Gasteiger partial charge on any atom is 0.413 e. The summed E-state index contributed by atoms with van der Waals surface area (Å²) in [6, 6.07) is 6.18. The lowest BCUT2D eigenvalue weighted by atomic mass is 9.88. The highest BCUT2D eigenvalue weighted by atomic mass is 32.2. The van der Waals surface area contributed by atoms with Crippen LogP contribution < -0.4 is 5.32 Å². The number of H-pyrrole nitrogens is 1. The number of rotatable bonds is 5. The van der Waals surface area contributed by atoms with Crippen LogP contribution in [0.5, 0.6) is 0 Å². The molecule has 1 aromatic carbocycles. The molecular formula is C17H23N3O2S. The van der Waals surface area contributed by atoms with Crippen LogP contribution in [0.2, 0.25) is 0 Å². The van der Waals surface area contributed by atoms with Crippen molar-refractivity contribution in [3.63, 3.8) is 0 Å². The molecule has 124 valence electrons. The zero-order chi connectivity index (χ0) is 16.1. The van der Waals surface area contributed by atoms with Gasteiger partial charge < -0.3 is 9.72 Å². The number of ether oxygens (including phenoxy) is 1. The average Bonchev–Trinajstić information content (AvgIpc) is 2.97. The van der Waals surface area contributed by atoms with E-state index in [9.17, 15) is 4.79 Å². The van der Waals surface area contributed by atoms with Crippen LogP contribution in [0.25, 0.3) is 11.0 Å². The highest BCUT2D eigenvalue weighted by molar-refractivity contribution is 7.99. The van der Waals surface area contributed by atoms with Gasteiger partial charge in [-0.15, -0.1) is 11.8 Å². The fourth-order valence-electron chi connectivity index (χ4n) is 3.10. The van der Waals surface area contributed by atoms with Gasteiger partial charge in [0.1, 0.15) is 0 Å². The number of hydrogen-bond acceptors (Lipinski definition) is 4. The summed E-state index contributed by atoms with van der Waals surface area (Å²) in [5, 5.41) is 2.55. The summed E-state index contributed by atoms with van der Waals surface area (Å²) in [4.78, 5) is 19.9. The van der Waals surface area contributed by atoms with Gasteiger partial charge in [0.05, 0.1) is 18.1 Å². The van der Waals surface area contributed by atoms with Gasteiger partial charge in [-0.1, -0.05) is 32.1 Å². The van der Waals surface area contributed by atoms with Gasteiger partial charge in [-0.25, -0.2) is 9.78 Å². The van der Waals surface area contributed by atoms with Gasteiger partial charge >= 0.3 is 6.09 Å². The Morgan fingerprint density at radius 1 is 1.39 bits per heavy atom. The second-order valence-corrected chi connectivity index (χ2v) is 7.19. The fourth-order valence-corrected chi connectivity index (χ4v) is 4.15. The van der Waals surface area contributed by atoms with Crippen LogP contribution in [0.3, 0.4) is 0 Å². The third-order valence-corrected chi connectivity index (χ3v) is 5.41. The topological polar surface area (TPSA) is 67.0 Å². The van der Waals surface area contributed by atoms with E-state index < -0.39 is 6.09 Å². The van der Waals surface area contributed by atoms with Crippen molar-refractivity contribution in [3.05, 3.63) is 18.2 Å². The number of amides is 1. The number of nitrogens with one attached hydrogen (secondary N) is 2. The van der Waals surface area contributed by atoms with Gasteiger partial charge in [-0.2, -0.15) is 0 Å². The molecule has 1 heterocycles. The van der Waals surface area contributed by atoms with Crippen LogP contribution >= 0.6 is 11.8 Å². The molecule has 0 unspecified atom stereocenters. The normalized spacial score (nSPS) is 15.7. The van der Waals surface area contributed by atoms with Crippen LogP contribution in [-0.2, 0) is 4.74 Å². The molecule has 0 spiro atoms. The van der Waals surface area contributed by atoms with Gasteiger partial charge in [0, 0.05) is 4.90 Å². The molecule has 1 fully saturated rings. The number of fused-ring (bicyclic) bond motifs is 1. The number of hydrogen-bond donors (Lipinski definition) is 2. The fraction of sp³-hybridized carbons (Fsp3) is 0.529. The van der Waals surface area contributed by atoms with Crippen molar-refractivity contribution in [2.75, 3.05) is 18.2 Å². The van der Waals surface area contributed by atoms with E-state index in [1.165, 1.54) is 50.5 Å². The van der Waals surface area contributed by atoms with Crippen molar-refractivity contribution >= 4 is 34.8 Å². The number of aromatic amines is 1. The predicted molar refractivity (Wildman–Crippen MR) is 94.0 cm³/mol. The van der Waals surface area contributed by atoms with Crippen molar-refractivity contribution < 1.29 is 9.53 Å². The molecule has 0 saturated heterocycles. The highest BCUT2D eigenvalue weighted by Gasteiger charge is 2.13. The van der Waals surface area contributed by atoms with Crippen molar-refractivity contribution in [2.45, 2.75) is 43.4 Å². The van der Waals surface area contributed by atoms with Gasteiger partial charge in [-0.05, 0) is 36.3 Å². The number of anilines is 1. The molecule has 1 aromatic heterocycles. The molecule has 0 atom stereocenters. The first-order valence-corrected chi connectivity index (χ1v) is 9.20. The van der Waals surface area contributed by atoms with Crippen molar-refractivity contribution in [1.82, 2.24) is 9.97 Å². The molecule has 3 rings (SSSR count). The summed E-state index contributed by atoms with van der Waals surface area (Å²) in [5.74, 6) is 2.49. The van der Waals surface area contributed by atoms with Crippen molar-refractivity contribution in [2.24, 2.45) is 5.92 Å². The van der Waals surface area contributed by atoms with Gasteiger partial charge in [0.2, 0.25) is 5.95 Å². The second kappa shape index (κ2) is 7.73. The zero-order valence-corrected chi connectivity index (χ0v) is 14.2. The molecule has 0 bridgehead atoms. The Labute approximate surface area is 140 Å². The summed E-state index contributed by atoms with van der Waals surface area (Å²) in [7, 11) is 1.33. The SMILES string of the molecule is COC(=O)Nc1nc2cc(SCCC3CCCCC3)ccc2[nH]1. The summed E-state index contributed by atoms with van der Waals surface area (Å²) < 4.78 is 4.57. The third kappa shape index (κ3) is 4.41. The summed E-state index contributed by atoms with van der Waals surface area (Å²) in [6.07, 6.45) is 7.82. The van der Waals surface area contributed by atoms with Crippen molar-refractivity contribution in [1.29, 1.82) is 0 Å². The molecule has 1 aliphatic carbocycles. The predicted octanol–water partition coefficient (Wildman–Crippen LogP) is 4.80. The highest BCUT2D eigenvalue weighted by Crippen LogP contribution is 2.30. The lowest BCUT2D eigenvalue weighted by Crippen LogP contribution is -2.11. The van der Waals surface area contributed by atoms with Crippen LogP contribution in [0.4, 0.5) is 10.7 Å². The van der Waals surface area contributed by atoms with Crippen LogP contribution in [0.1, 0.15) is 38.5 Å². The molecule has 1 saturated carbocycles. The minimum atomic E-state index is -0.522. The van der Waals surface area contributed by atoms with Crippen LogP contribution in [-0.4, -0.2) is 28.9 Å². The Kier molecular flexibility index (Phi) is 5.43.